The Balaban J connectivity index is 1.19. The highest BCUT2D eigenvalue weighted by molar-refractivity contribution is 6.10. The van der Waals surface area contributed by atoms with Gasteiger partial charge in [0.15, 0.2) is 17.5 Å². The van der Waals surface area contributed by atoms with E-state index in [-0.39, 0.29) is 0 Å². The van der Waals surface area contributed by atoms with E-state index in [1.54, 1.807) is 0 Å². The molecule has 0 fully saturated rings. The van der Waals surface area contributed by atoms with Gasteiger partial charge in [0.25, 0.3) is 0 Å². The summed E-state index contributed by atoms with van der Waals surface area (Å²) in [5.41, 5.74) is 10.9. The van der Waals surface area contributed by atoms with Crippen LogP contribution in [-0.2, 0) is 0 Å². The molecule has 0 amide bonds. The molecule has 7 aromatic carbocycles. The van der Waals surface area contributed by atoms with Crippen LogP contribution in [0.3, 0.4) is 0 Å². The molecule has 234 valence electrons. The lowest BCUT2D eigenvalue weighted by Crippen LogP contribution is -2.00. The van der Waals surface area contributed by atoms with E-state index in [2.05, 4.69) is 124 Å². The summed E-state index contributed by atoms with van der Waals surface area (Å²) in [7, 11) is 0. The zero-order valence-corrected chi connectivity index (χ0v) is 27.0. The van der Waals surface area contributed by atoms with Crippen LogP contribution in [0.1, 0.15) is 0 Å². The van der Waals surface area contributed by atoms with Crippen molar-refractivity contribution >= 4 is 38.4 Å². The molecule has 0 radical (unpaired) electrons. The van der Waals surface area contributed by atoms with E-state index in [1.165, 1.54) is 32.8 Å². The molecule has 5 nitrogen and oxygen atoms in total. The Bertz CT molecular complexity index is 2790. The third kappa shape index (κ3) is 4.52. The summed E-state index contributed by atoms with van der Waals surface area (Å²) < 4.78 is 4.80. The van der Waals surface area contributed by atoms with E-state index in [0.717, 1.165) is 39.1 Å². The summed E-state index contributed by atoms with van der Waals surface area (Å²) in [5, 5.41) is 3.68. The van der Waals surface area contributed by atoms with Gasteiger partial charge in [0.2, 0.25) is 0 Å². The summed E-state index contributed by atoms with van der Waals surface area (Å²) in [6.07, 6.45) is 0. The van der Waals surface area contributed by atoms with Gasteiger partial charge >= 0.3 is 0 Å². The second-order valence-corrected chi connectivity index (χ2v) is 12.5. The summed E-state index contributed by atoms with van der Waals surface area (Å²) in [6.45, 7) is 0. The SMILES string of the molecule is c1ccc(-c2nc(-c3ccccc3)nc(-c3ccc(-n4c5ccccc5n5c6ccccc6c(-c6ccc7ccccc7c6)c45)cc3)n2)cc1. The monoisotopic (exact) mass is 639 g/mol. The number of benzene rings is 7. The van der Waals surface area contributed by atoms with Gasteiger partial charge in [-0.25, -0.2) is 15.0 Å². The van der Waals surface area contributed by atoms with Gasteiger partial charge in [0.1, 0.15) is 5.65 Å². The second kappa shape index (κ2) is 11.4. The van der Waals surface area contributed by atoms with Crippen LogP contribution >= 0.6 is 0 Å². The number of imidazole rings is 1. The fraction of sp³-hybridized carbons (Fsp3) is 0. The topological polar surface area (TPSA) is 48.0 Å². The zero-order chi connectivity index (χ0) is 33.0. The van der Waals surface area contributed by atoms with Gasteiger partial charge in [-0.3, -0.25) is 8.97 Å². The number of nitrogens with zero attached hydrogens (tertiary/aromatic N) is 5. The third-order valence-electron chi connectivity index (χ3n) is 9.55. The van der Waals surface area contributed by atoms with Crippen molar-refractivity contribution in [2.24, 2.45) is 0 Å². The minimum absolute atomic E-state index is 0.636. The fourth-order valence-corrected chi connectivity index (χ4v) is 7.23. The molecule has 10 rings (SSSR count). The van der Waals surface area contributed by atoms with Gasteiger partial charge in [0, 0.05) is 33.3 Å². The Morgan fingerprint density at radius 2 is 0.860 bits per heavy atom. The maximum Gasteiger partial charge on any atom is 0.164 e. The number of hydrogen-bond donors (Lipinski definition) is 0. The molecule has 3 heterocycles. The van der Waals surface area contributed by atoms with E-state index in [0.29, 0.717) is 17.5 Å². The Kier molecular flexibility index (Phi) is 6.42. The van der Waals surface area contributed by atoms with Gasteiger partial charge in [-0.05, 0) is 64.9 Å². The van der Waals surface area contributed by atoms with E-state index < -0.39 is 0 Å². The molecule has 0 aliphatic heterocycles. The highest BCUT2D eigenvalue weighted by atomic mass is 15.1. The van der Waals surface area contributed by atoms with Crippen molar-refractivity contribution in [1.82, 2.24) is 23.9 Å². The predicted octanol–water partition coefficient (Wildman–Crippen LogP) is 11.0. The lowest BCUT2D eigenvalue weighted by Gasteiger charge is -2.11. The summed E-state index contributed by atoms with van der Waals surface area (Å²) in [6, 6.07) is 61.5. The summed E-state index contributed by atoms with van der Waals surface area (Å²) >= 11 is 0. The molecule has 50 heavy (non-hydrogen) atoms. The standard InChI is InChI=1S/C45H29N5/c1-3-14-31(15-4-1)42-46-43(32-16-5-2-6-17-32)48-44(47-42)33-25-27-36(28-26-33)49-39-21-11-12-22-40(39)50-38-20-10-9-19-37(38)41(45(49)50)35-24-23-30-13-7-8-18-34(30)29-35/h1-29H. The van der Waals surface area contributed by atoms with Crippen LogP contribution in [0.15, 0.2) is 176 Å². The molecule has 0 unspecified atom stereocenters. The summed E-state index contributed by atoms with van der Waals surface area (Å²) in [5.74, 6) is 1.94. The molecule has 0 bridgehead atoms. The lowest BCUT2D eigenvalue weighted by molar-refractivity contribution is 1.07. The molecule has 0 aliphatic rings. The van der Waals surface area contributed by atoms with Crippen molar-refractivity contribution in [2.75, 3.05) is 0 Å². The zero-order valence-electron chi connectivity index (χ0n) is 27.0. The van der Waals surface area contributed by atoms with E-state index in [9.17, 15) is 0 Å². The molecule has 0 saturated carbocycles. The number of aromatic nitrogens is 5. The van der Waals surface area contributed by atoms with Crippen molar-refractivity contribution in [3.8, 4) is 51.0 Å². The number of para-hydroxylation sites is 3. The predicted molar refractivity (Wildman–Crippen MR) is 204 cm³/mol. The van der Waals surface area contributed by atoms with E-state index in [1.807, 2.05) is 60.7 Å². The van der Waals surface area contributed by atoms with Gasteiger partial charge < -0.3 is 0 Å². The highest BCUT2D eigenvalue weighted by Crippen LogP contribution is 2.41. The van der Waals surface area contributed by atoms with Crippen molar-refractivity contribution in [2.45, 2.75) is 0 Å². The molecular formula is C45H29N5. The number of fused-ring (bicyclic) bond motifs is 6. The van der Waals surface area contributed by atoms with Gasteiger partial charge in [0.05, 0.1) is 16.6 Å². The van der Waals surface area contributed by atoms with Crippen LogP contribution in [0.4, 0.5) is 0 Å². The second-order valence-electron chi connectivity index (χ2n) is 12.5. The van der Waals surface area contributed by atoms with Gasteiger partial charge in [-0.2, -0.15) is 0 Å². The average molecular weight is 640 g/mol. The highest BCUT2D eigenvalue weighted by Gasteiger charge is 2.22. The molecule has 0 N–H and O–H groups in total. The molecule has 10 aromatic rings. The minimum atomic E-state index is 0.636. The van der Waals surface area contributed by atoms with E-state index in [4.69, 9.17) is 15.0 Å². The number of rotatable bonds is 5. The Morgan fingerprint density at radius 1 is 0.360 bits per heavy atom. The van der Waals surface area contributed by atoms with Gasteiger partial charge in [-0.15, -0.1) is 0 Å². The average Bonchev–Trinajstić information content (AvgIpc) is 3.71. The van der Waals surface area contributed by atoms with Crippen molar-refractivity contribution in [1.29, 1.82) is 0 Å². The van der Waals surface area contributed by atoms with Crippen LogP contribution in [0, 0.1) is 0 Å². The lowest BCUT2D eigenvalue weighted by atomic mass is 10.00. The van der Waals surface area contributed by atoms with Crippen LogP contribution < -0.4 is 0 Å². The van der Waals surface area contributed by atoms with Crippen molar-refractivity contribution in [3.63, 3.8) is 0 Å². The molecule has 0 spiro atoms. The first kappa shape index (κ1) is 28.2. The smallest absolute Gasteiger partial charge is 0.164 e. The quantitative estimate of drug-likeness (QED) is 0.188. The molecule has 0 aliphatic carbocycles. The maximum absolute atomic E-state index is 4.97. The number of hydrogen-bond acceptors (Lipinski definition) is 3. The molecule has 0 atom stereocenters. The summed E-state index contributed by atoms with van der Waals surface area (Å²) in [4.78, 5) is 14.8. The Labute approximate surface area is 288 Å². The first-order valence-corrected chi connectivity index (χ1v) is 16.8. The Morgan fingerprint density at radius 3 is 1.52 bits per heavy atom. The van der Waals surface area contributed by atoms with Gasteiger partial charge in [-0.1, -0.05) is 127 Å². The van der Waals surface area contributed by atoms with Crippen molar-refractivity contribution in [3.05, 3.63) is 176 Å². The Hall–Kier alpha value is -6.85. The van der Waals surface area contributed by atoms with Crippen LogP contribution in [0.25, 0.3) is 89.3 Å². The molecule has 0 saturated heterocycles. The molecule has 5 heteroatoms. The van der Waals surface area contributed by atoms with Crippen LogP contribution in [0.5, 0.6) is 0 Å². The first-order valence-electron chi connectivity index (χ1n) is 16.8. The third-order valence-corrected chi connectivity index (χ3v) is 9.55. The molecular weight excluding hydrogens is 611 g/mol. The van der Waals surface area contributed by atoms with E-state index >= 15 is 0 Å². The largest absolute Gasteiger partial charge is 0.293 e. The fourth-order valence-electron chi connectivity index (χ4n) is 7.23. The maximum atomic E-state index is 4.97. The van der Waals surface area contributed by atoms with Crippen LogP contribution in [0.2, 0.25) is 0 Å². The normalized spacial score (nSPS) is 11.6. The molecule has 3 aromatic heterocycles. The van der Waals surface area contributed by atoms with Crippen LogP contribution in [-0.4, -0.2) is 23.9 Å². The minimum Gasteiger partial charge on any atom is -0.293 e. The first-order chi connectivity index (χ1) is 24.8. The van der Waals surface area contributed by atoms with Crippen molar-refractivity contribution < 1.29 is 0 Å².